The molecule has 1 saturated heterocycles. The Bertz CT molecular complexity index is 512. The lowest BCUT2D eigenvalue weighted by Crippen LogP contribution is -2.47. The Morgan fingerprint density at radius 2 is 1.90 bits per heavy atom. The summed E-state index contributed by atoms with van der Waals surface area (Å²) in [6, 6.07) is 6.53. The largest absolute Gasteiger partial charge is 0.480 e. The van der Waals surface area contributed by atoms with Crippen LogP contribution in [0.4, 0.5) is 0 Å². The van der Waals surface area contributed by atoms with E-state index in [4.69, 9.17) is 0 Å². The maximum absolute atomic E-state index is 12.6. The van der Waals surface area contributed by atoms with Crippen LogP contribution < -0.4 is 0 Å². The second kappa shape index (κ2) is 5.87. The minimum atomic E-state index is -0.930. The monoisotopic (exact) mass is 293 g/mol. The Labute approximate surface area is 123 Å². The predicted octanol–water partition coefficient (Wildman–Crippen LogP) is 2.62. The van der Waals surface area contributed by atoms with Crippen molar-refractivity contribution in [2.45, 2.75) is 32.2 Å². The number of carboxylic acid groups (broad SMARTS) is 1. The third kappa shape index (κ3) is 2.82. The first-order valence-corrected chi connectivity index (χ1v) is 7.70. The third-order valence-corrected chi connectivity index (χ3v) is 5.04. The molecule has 5 heteroatoms. The number of carbonyl (C=O) groups excluding carboxylic acids is 1. The van der Waals surface area contributed by atoms with Gasteiger partial charge < -0.3 is 10.0 Å². The Morgan fingerprint density at radius 1 is 1.30 bits per heavy atom. The van der Waals surface area contributed by atoms with Crippen LogP contribution in [0.3, 0.4) is 0 Å². The van der Waals surface area contributed by atoms with Gasteiger partial charge in [0.2, 0.25) is 0 Å². The van der Waals surface area contributed by atoms with E-state index in [1.807, 2.05) is 32.9 Å². The van der Waals surface area contributed by atoms with E-state index in [0.29, 0.717) is 11.3 Å². The van der Waals surface area contributed by atoms with Crippen molar-refractivity contribution in [1.82, 2.24) is 4.90 Å². The molecular weight excluding hydrogens is 274 g/mol. The van der Waals surface area contributed by atoms with Crippen molar-refractivity contribution in [3.05, 3.63) is 35.4 Å². The van der Waals surface area contributed by atoms with Crippen molar-refractivity contribution in [3.63, 3.8) is 0 Å². The number of carboxylic acids is 1. The van der Waals surface area contributed by atoms with Gasteiger partial charge in [-0.1, -0.05) is 31.5 Å². The lowest BCUT2D eigenvalue weighted by atomic mass is 10.1. The fourth-order valence-electron chi connectivity index (χ4n) is 2.33. The van der Waals surface area contributed by atoms with Crippen LogP contribution in [0, 0.1) is 12.8 Å². The molecule has 0 aromatic heterocycles. The smallest absolute Gasteiger partial charge is 0.327 e. The molecule has 0 spiro atoms. The number of hydrogen-bond donors (Lipinski definition) is 1. The number of nitrogens with zero attached hydrogens (tertiary/aromatic N) is 1. The van der Waals surface area contributed by atoms with E-state index < -0.39 is 12.0 Å². The number of carbonyl (C=O) groups is 2. The van der Waals surface area contributed by atoms with Crippen LogP contribution >= 0.6 is 11.8 Å². The van der Waals surface area contributed by atoms with Gasteiger partial charge >= 0.3 is 5.97 Å². The van der Waals surface area contributed by atoms with Gasteiger partial charge in [0.1, 0.15) is 6.04 Å². The van der Waals surface area contributed by atoms with Gasteiger partial charge in [-0.2, -0.15) is 0 Å². The summed E-state index contributed by atoms with van der Waals surface area (Å²) in [6.07, 6.45) is 0. The van der Waals surface area contributed by atoms with Gasteiger partial charge in [-0.15, -0.1) is 11.8 Å². The lowest BCUT2D eigenvalue weighted by molar-refractivity contribution is -0.141. The van der Waals surface area contributed by atoms with E-state index in [0.717, 1.165) is 5.56 Å². The number of hydrogen-bond acceptors (Lipinski definition) is 3. The highest BCUT2D eigenvalue weighted by molar-refractivity contribution is 8.00. The van der Waals surface area contributed by atoms with Crippen molar-refractivity contribution >= 4 is 23.6 Å². The summed E-state index contributed by atoms with van der Waals surface area (Å²) in [6.45, 7) is 5.98. The standard InChI is InChI=1S/C15H19NO3S/c1-9(2)14-16(12(8-20-14)15(18)19)13(17)11-6-4-10(3)5-7-11/h4-7,9,12,14H,8H2,1-3H3,(H,18,19). The number of rotatable bonds is 3. The fraction of sp³-hybridized carbons (Fsp3) is 0.467. The maximum Gasteiger partial charge on any atom is 0.327 e. The SMILES string of the molecule is Cc1ccc(C(=O)N2C(C(=O)O)CSC2C(C)C)cc1. The molecule has 0 bridgehead atoms. The van der Waals surface area contributed by atoms with E-state index in [-0.39, 0.29) is 17.2 Å². The second-order valence-corrected chi connectivity index (χ2v) is 6.55. The summed E-state index contributed by atoms with van der Waals surface area (Å²) in [5.74, 6) is -0.448. The molecule has 1 amide bonds. The third-order valence-electron chi connectivity index (χ3n) is 3.42. The summed E-state index contributed by atoms with van der Waals surface area (Å²) in [4.78, 5) is 25.5. The van der Waals surface area contributed by atoms with Gasteiger partial charge in [-0.3, -0.25) is 4.79 Å². The first-order valence-electron chi connectivity index (χ1n) is 6.65. The topological polar surface area (TPSA) is 57.6 Å². The zero-order valence-corrected chi connectivity index (χ0v) is 12.7. The van der Waals surface area contributed by atoms with Crippen LogP contribution in [-0.4, -0.2) is 39.1 Å². The molecule has 1 aromatic rings. The van der Waals surface area contributed by atoms with Crippen molar-refractivity contribution in [1.29, 1.82) is 0 Å². The summed E-state index contributed by atoms with van der Waals surface area (Å²) in [5, 5.41) is 9.24. The zero-order valence-electron chi connectivity index (χ0n) is 11.9. The van der Waals surface area contributed by atoms with Crippen LogP contribution in [0.1, 0.15) is 29.8 Å². The van der Waals surface area contributed by atoms with Crippen LogP contribution in [-0.2, 0) is 4.79 Å². The Balaban J connectivity index is 2.31. The highest BCUT2D eigenvalue weighted by atomic mass is 32.2. The van der Waals surface area contributed by atoms with Crippen LogP contribution in [0.2, 0.25) is 0 Å². The summed E-state index contributed by atoms with van der Waals surface area (Å²) in [7, 11) is 0. The van der Waals surface area contributed by atoms with Crippen LogP contribution in [0.5, 0.6) is 0 Å². The van der Waals surface area contributed by atoms with Crippen LogP contribution in [0.15, 0.2) is 24.3 Å². The van der Waals surface area contributed by atoms with Crippen molar-refractivity contribution in [2.24, 2.45) is 5.92 Å². The van der Waals surface area contributed by atoms with E-state index >= 15 is 0 Å². The van der Waals surface area contributed by atoms with Gasteiger partial charge in [-0.05, 0) is 25.0 Å². The normalized spacial score (nSPS) is 22.3. The molecule has 1 fully saturated rings. The van der Waals surface area contributed by atoms with E-state index in [1.54, 1.807) is 23.9 Å². The molecule has 0 radical (unpaired) electrons. The average molecular weight is 293 g/mol. The molecule has 2 atom stereocenters. The molecule has 20 heavy (non-hydrogen) atoms. The summed E-state index contributed by atoms with van der Waals surface area (Å²) in [5.41, 5.74) is 1.63. The summed E-state index contributed by atoms with van der Waals surface area (Å²) >= 11 is 1.55. The highest BCUT2D eigenvalue weighted by Gasteiger charge is 2.43. The van der Waals surface area contributed by atoms with E-state index in [2.05, 4.69) is 0 Å². The Kier molecular flexibility index (Phi) is 4.38. The number of thioether (sulfide) groups is 1. The summed E-state index contributed by atoms with van der Waals surface area (Å²) < 4.78 is 0. The number of amides is 1. The quantitative estimate of drug-likeness (QED) is 0.930. The van der Waals surface area contributed by atoms with Gasteiger partial charge in [0.25, 0.3) is 5.91 Å². The molecule has 0 aliphatic carbocycles. The van der Waals surface area contributed by atoms with E-state index in [9.17, 15) is 14.7 Å². The molecule has 1 N–H and O–H groups in total. The molecule has 1 aliphatic rings. The van der Waals surface area contributed by atoms with Gasteiger partial charge in [0.05, 0.1) is 5.37 Å². The number of aryl methyl sites for hydroxylation is 1. The average Bonchev–Trinajstić information content (AvgIpc) is 2.83. The molecule has 1 heterocycles. The molecule has 1 aromatic carbocycles. The van der Waals surface area contributed by atoms with Crippen molar-refractivity contribution in [2.75, 3.05) is 5.75 Å². The molecule has 2 rings (SSSR count). The predicted molar refractivity (Wildman–Crippen MR) is 79.9 cm³/mol. The zero-order chi connectivity index (χ0) is 14.9. The van der Waals surface area contributed by atoms with E-state index in [1.165, 1.54) is 4.90 Å². The minimum absolute atomic E-state index is 0.0788. The highest BCUT2D eigenvalue weighted by Crippen LogP contribution is 2.35. The van der Waals surface area contributed by atoms with Gasteiger partial charge in [0, 0.05) is 11.3 Å². The van der Waals surface area contributed by atoms with Gasteiger partial charge in [-0.25, -0.2) is 4.79 Å². The van der Waals surface area contributed by atoms with Crippen molar-refractivity contribution < 1.29 is 14.7 Å². The molecule has 0 saturated carbocycles. The first kappa shape index (κ1) is 14.9. The second-order valence-electron chi connectivity index (χ2n) is 5.40. The lowest BCUT2D eigenvalue weighted by Gasteiger charge is -2.29. The Morgan fingerprint density at radius 3 is 2.40 bits per heavy atom. The molecule has 108 valence electrons. The number of aliphatic carboxylic acids is 1. The molecule has 2 unspecified atom stereocenters. The number of benzene rings is 1. The molecule has 1 aliphatic heterocycles. The minimum Gasteiger partial charge on any atom is -0.480 e. The fourth-order valence-corrected chi connectivity index (χ4v) is 3.80. The van der Waals surface area contributed by atoms with Crippen LogP contribution in [0.25, 0.3) is 0 Å². The van der Waals surface area contributed by atoms with Crippen molar-refractivity contribution in [3.8, 4) is 0 Å². The Hall–Kier alpha value is -1.49. The first-order chi connectivity index (χ1) is 9.41. The maximum atomic E-state index is 12.6. The molecule has 4 nitrogen and oxygen atoms in total. The van der Waals surface area contributed by atoms with Gasteiger partial charge in [0.15, 0.2) is 0 Å². The molecular formula is C15H19NO3S.